The van der Waals surface area contributed by atoms with Crippen LogP contribution in [0.25, 0.3) is 0 Å². The molecule has 0 aliphatic carbocycles. The SMILES string of the molecule is CSc1nc(C)c(C(O)CN)s1. The number of aliphatic hydroxyl groups is 1. The molecule has 1 aromatic rings. The molecule has 1 unspecified atom stereocenters. The fraction of sp³-hybridized carbons (Fsp3) is 0.571. The second-order valence-electron chi connectivity index (χ2n) is 2.39. The molecular weight excluding hydrogens is 192 g/mol. The molecule has 3 N–H and O–H groups in total. The lowest BCUT2D eigenvalue weighted by Crippen LogP contribution is -2.10. The number of thiazole rings is 1. The van der Waals surface area contributed by atoms with E-state index in [0.717, 1.165) is 14.9 Å². The Bertz CT molecular complexity index is 262. The van der Waals surface area contributed by atoms with Crippen LogP contribution in [0.4, 0.5) is 0 Å². The molecule has 0 aliphatic heterocycles. The first-order chi connectivity index (χ1) is 5.69. The zero-order chi connectivity index (χ0) is 9.14. The minimum absolute atomic E-state index is 0.261. The van der Waals surface area contributed by atoms with Crippen LogP contribution in [0, 0.1) is 6.92 Å². The minimum atomic E-state index is -0.552. The van der Waals surface area contributed by atoms with Crippen LogP contribution in [0.5, 0.6) is 0 Å². The largest absolute Gasteiger partial charge is 0.386 e. The van der Waals surface area contributed by atoms with Gasteiger partial charge in [-0.2, -0.15) is 0 Å². The van der Waals surface area contributed by atoms with Crippen molar-refractivity contribution in [1.29, 1.82) is 0 Å². The monoisotopic (exact) mass is 204 g/mol. The summed E-state index contributed by atoms with van der Waals surface area (Å²) in [6.45, 7) is 2.15. The number of aromatic nitrogens is 1. The van der Waals surface area contributed by atoms with Gasteiger partial charge in [-0.05, 0) is 13.2 Å². The lowest BCUT2D eigenvalue weighted by atomic mass is 10.2. The van der Waals surface area contributed by atoms with Crippen LogP contribution in [0.2, 0.25) is 0 Å². The number of rotatable bonds is 3. The number of thioether (sulfide) groups is 1. The summed E-state index contributed by atoms with van der Waals surface area (Å²) in [5.74, 6) is 0. The Kier molecular flexibility index (Phi) is 3.52. The van der Waals surface area contributed by atoms with Crippen LogP contribution < -0.4 is 5.73 Å². The highest BCUT2D eigenvalue weighted by Gasteiger charge is 2.13. The first kappa shape index (κ1) is 9.98. The van der Waals surface area contributed by atoms with E-state index in [0.29, 0.717) is 0 Å². The minimum Gasteiger partial charge on any atom is -0.386 e. The number of aryl methyl sites for hydroxylation is 1. The molecule has 0 aromatic carbocycles. The van der Waals surface area contributed by atoms with Crippen LogP contribution >= 0.6 is 23.1 Å². The smallest absolute Gasteiger partial charge is 0.150 e. The number of hydrogen-bond acceptors (Lipinski definition) is 5. The van der Waals surface area contributed by atoms with Gasteiger partial charge in [-0.25, -0.2) is 4.98 Å². The molecule has 0 aliphatic rings. The number of hydrogen-bond donors (Lipinski definition) is 2. The summed E-state index contributed by atoms with van der Waals surface area (Å²) in [4.78, 5) is 5.15. The van der Waals surface area contributed by atoms with Gasteiger partial charge < -0.3 is 10.8 Å². The van der Waals surface area contributed by atoms with E-state index in [9.17, 15) is 5.11 Å². The van der Waals surface area contributed by atoms with Crippen molar-refractivity contribution in [2.24, 2.45) is 5.73 Å². The van der Waals surface area contributed by atoms with E-state index >= 15 is 0 Å². The van der Waals surface area contributed by atoms with Gasteiger partial charge in [0.25, 0.3) is 0 Å². The predicted octanol–water partition coefficient (Wildman–Crippen LogP) is 1.17. The van der Waals surface area contributed by atoms with Crippen molar-refractivity contribution in [1.82, 2.24) is 4.98 Å². The summed E-state index contributed by atoms with van der Waals surface area (Å²) < 4.78 is 0.981. The van der Waals surface area contributed by atoms with E-state index in [1.165, 1.54) is 11.3 Å². The summed E-state index contributed by atoms with van der Waals surface area (Å²) in [5, 5.41) is 9.46. The lowest BCUT2D eigenvalue weighted by Gasteiger charge is -2.03. The average molecular weight is 204 g/mol. The molecule has 0 amide bonds. The Morgan fingerprint density at radius 3 is 2.83 bits per heavy atom. The molecule has 0 radical (unpaired) electrons. The highest BCUT2D eigenvalue weighted by molar-refractivity contribution is 8.00. The molecule has 0 saturated carbocycles. The third-order valence-corrected chi connectivity index (χ3v) is 3.76. The molecule has 1 aromatic heterocycles. The van der Waals surface area contributed by atoms with Gasteiger partial charge in [0.1, 0.15) is 10.4 Å². The van der Waals surface area contributed by atoms with E-state index in [4.69, 9.17) is 5.73 Å². The zero-order valence-electron chi connectivity index (χ0n) is 7.07. The molecule has 1 rings (SSSR count). The molecule has 5 heteroatoms. The van der Waals surface area contributed by atoms with Crippen molar-refractivity contribution >= 4 is 23.1 Å². The summed E-state index contributed by atoms with van der Waals surface area (Å²) in [6.07, 6.45) is 1.42. The van der Waals surface area contributed by atoms with Crippen molar-refractivity contribution in [3.05, 3.63) is 10.6 Å². The van der Waals surface area contributed by atoms with Crippen LogP contribution in [0.3, 0.4) is 0 Å². The van der Waals surface area contributed by atoms with Crippen LogP contribution in [0.15, 0.2) is 4.34 Å². The first-order valence-electron chi connectivity index (χ1n) is 3.58. The maximum atomic E-state index is 9.46. The Hall–Kier alpha value is -0.100. The van der Waals surface area contributed by atoms with E-state index in [1.807, 2.05) is 13.2 Å². The lowest BCUT2D eigenvalue weighted by molar-refractivity contribution is 0.189. The maximum Gasteiger partial charge on any atom is 0.150 e. The van der Waals surface area contributed by atoms with Crippen LogP contribution in [0.1, 0.15) is 16.7 Å². The molecule has 12 heavy (non-hydrogen) atoms. The zero-order valence-corrected chi connectivity index (χ0v) is 8.71. The van der Waals surface area contributed by atoms with Crippen molar-refractivity contribution in [2.45, 2.75) is 17.4 Å². The van der Waals surface area contributed by atoms with Crippen LogP contribution in [-0.2, 0) is 0 Å². The standard InChI is InChI=1S/C7H12N2OS2/c1-4-6(5(10)3-8)12-7(9-4)11-2/h5,10H,3,8H2,1-2H3. The topological polar surface area (TPSA) is 59.1 Å². The van der Waals surface area contributed by atoms with Crippen molar-refractivity contribution in [3.8, 4) is 0 Å². The fourth-order valence-electron chi connectivity index (χ4n) is 0.886. The van der Waals surface area contributed by atoms with Crippen molar-refractivity contribution < 1.29 is 5.11 Å². The number of nitrogens with two attached hydrogens (primary N) is 1. The summed E-state index contributed by atoms with van der Waals surface area (Å²) in [5.41, 5.74) is 6.24. The third-order valence-electron chi connectivity index (χ3n) is 1.51. The van der Waals surface area contributed by atoms with E-state index in [1.54, 1.807) is 11.8 Å². The van der Waals surface area contributed by atoms with Gasteiger partial charge in [0.15, 0.2) is 0 Å². The van der Waals surface area contributed by atoms with Gasteiger partial charge in [-0.1, -0.05) is 11.8 Å². The molecule has 0 fully saturated rings. The predicted molar refractivity (Wildman–Crippen MR) is 52.6 cm³/mol. The number of nitrogens with zero attached hydrogens (tertiary/aromatic N) is 1. The average Bonchev–Trinajstić information content (AvgIpc) is 2.45. The van der Waals surface area contributed by atoms with Crippen molar-refractivity contribution in [2.75, 3.05) is 12.8 Å². The number of aliphatic hydroxyl groups excluding tert-OH is 1. The second-order valence-corrected chi connectivity index (χ2v) is 4.47. The van der Waals surface area contributed by atoms with Crippen molar-refractivity contribution in [3.63, 3.8) is 0 Å². The normalized spacial score (nSPS) is 13.3. The second kappa shape index (κ2) is 4.23. The molecule has 1 atom stereocenters. The fourth-order valence-corrected chi connectivity index (χ4v) is 2.51. The molecule has 3 nitrogen and oxygen atoms in total. The van der Waals surface area contributed by atoms with E-state index in [2.05, 4.69) is 4.98 Å². The van der Waals surface area contributed by atoms with Gasteiger partial charge in [0.05, 0.1) is 10.6 Å². The highest BCUT2D eigenvalue weighted by atomic mass is 32.2. The summed E-state index contributed by atoms with van der Waals surface area (Å²) in [6, 6.07) is 0. The Labute approximate surface area is 80.0 Å². The summed E-state index contributed by atoms with van der Waals surface area (Å²) >= 11 is 3.10. The van der Waals surface area contributed by atoms with Gasteiger partial charge in [0, 0.05) is 6.54 Å². The highest BCUT2D eigenvalue weighted by Crippen LogP contribution is 2.29. The molecule has 68 valence electrons. The van der Waals surface area contributed by atoms with Gasteiger partial charge >= 0.3 is 0 Å². The van der Waals surface area contributed by atoms with E-state index in [-0.39, 0.29) is 6.54 Å². The Morgan fingerprint density at radius 1 is 1.75 bits per heavy atom. The maximum absolute atomic E-state index is 9.46. The first-order valence-corrected chi connectivity index (χ1v) is 5.62. The molecular formula is C7H12N2OS2. The molecule has 0 bridgehead atoms. The molecule has 0 saturated heterocycles. The quantitative estimate of drug-likeness (QED) is 0.726. The van der Waals surface area contributed by atoms with E-state index < -0.39 is 6.10 Å². The third kappa shape index (κ3) is 1.98. The summed E-state index contributed by atoms with van der Waals surface area (Å²) in [7, 11) is 0. The molecule has 0 spiro atoms. The van der Waals surface area contributed by atoms with Gasteiger partial charge in [-0.15, -0.1) is 11.3 Å². The van der Waals surface area contributed by atoms with Gasteiger partial charge in [0.2, 0.25) is 0 Å². The van der Waals surface area contributed by atoms with Gasteiger partial charge in [-0.3, -0.25) is 0 Å². The van der Waals surface area contributed by atoms with Crippen LogP contribution in [-0.4, -0.2) is 22.9 Å². The Balaban J connectivity index is 2.91. The Morgan fingerprint density at radius 2 is 2.42 bits per heavy atom. The molecule has 1 heterocycles.